The molecule has 0 spiro atoms. The highest BCUT2D eigenvalue weighted by atomic mass is 16.7. The van der Waals surface area contributed by atoms with E-state index in [1.165, 1.54) is 0 Å². The lowest BCUT2D eigenvalue weighted by Crippen LogP contribution is -2.20. The van der Waals surface area contributed by atoms with E-state index in [0.29, 0.717) is 6.07 Å². The van der Waals surface area contributed by atoms with Crippen molar-refractivity contribution in [3.05, 3.63) is 44.0 Å². The summed E-state index contributed by atoms with van der Waals surface area (Å²) in [5.74, 6) is -1.27. The molecule has 1 aromatic rings. The van der Waals surface area contributed by atoms with E-state index >= 15 is 0 Å². The van der Waals surface area contributed by atoms with Crippen molar-refractivity contribution in [2.75, 3.05) is 0 Å². The summed E-state index contributed by atoms with van der Waals surface area (Å²) in [6.07, 6.45) is 0. The highest BCUT2D eigenvalue weighted by Gasteiger charge is 2.25. The second-order valence-electron chi connectivity index (χ2n) is 4.27. The van der Waals surface area contributed by atoms with Crippen molar-refractivity contribution >= 4 is 23.2 Å². The maximum absolute atomic E-state index is 11.7. The Balaban J connectivity index is 3.12. The average Bonchev–Trinajstić information content (AvgIpc) is 2.43. The van der Waals surface area contributed by atoms with Crippen molar-refractivity contribution in [3.8, 4) is 0 Å². The van der Waals surface area contributed by atoms with Crippen LogP contribution in [0.15, 0.2) is 23.4 Å². The molecule has 0 amide bonds. The molecule has 1 rings (SSSR count). The van der Waals surface area contributed by atoms with Gasteiger partial charge in [-0.3, -0.25) is 20.2 Å². The lowest BCUT2D eigenvalue weighted by molar-refractivity contribution is -0.394. The van der Waals surface area contributed by atoms with Crippen LogP contribution in [0, 0.1) is 26.1 Å². The van der Waals surface area contributed by atoms with Gasteiger partial charge in [-0.2, -0.15) is 0 Å². The van der Waals surface area contributed by atoms with Crippen molar-refractivity contribution < 1.29 is 19.5 Å². The number of benzene rings is 1. The van der Waals surface area contributed by atoms with Crippen LogP contribution in [-0.4, -0.2) is 21.7 Å². The van der Waals surface area contributed by atoms with E-state index in [0.717, 1.165) is 12.1 Å². The van der Waals surface area contributed by atoms with Crippen LogP contribution in [-0.2, 0) is 4.84 Å². The zero-order chi connectivity index (χ0) is 16.2. The Morgan fingerprint density at radius 3 is 2.38 bits per heavy atom. The van der Waals surface area contributed by atoms with Gasteiger partial charge >= 0.3 is 5.97 Å². The summed E-state index contributed by atoms with van der Waals surface area (Å²) in [6, 6.07) is 2.56. The molecule has 10 nitrogen and oxygen atoms in total. The van der Waals surface area contributed by atoms with Crippen LogP contribution < -0.4 is 5.73 Å². The normalized spacial score (nSPS) is 11.3. The lowest BCUT2D eigenvalue weighted by atomic mass is 10.1. The number of nitrogens with zero attached hydrogens (tertiary/aromatic N) is 3. The number of rotatable bonds is 5. The Hall–Kier alpha value is -3.04. The third-order valence-corrected chi connectivity index (χ3v) is 2.43. The first-order valence-corrected chi connectivity index (χ1v) is 5.71. The fourth-order valence-electron chi connectivity index (χ4n) is 1.21. The van der Waals surface area contributed by atoms with Crippen molar-refractivity contribution in [2.24, 2.45) is 16.8 Å². The van der Waals surface area contributed by atoms with Gasteiger partial charge in [0.05, 0.1) is 15.9 Å². The molecular weight excluding hydrogens is 284 g/mol. The molecule has 1 aromatic carbocycles. The third-order valence-electron chi connectivity index (χ3n) is 2.43. The molecule has 0 radical (unpaired) electrons. The van der Waals surface area contributed by atoms with Crippen LogP contribution >= 0.6 is 0 Å². The van der Waals surface area contributed by atoms with Crippen molar-refractivity contribution in [2.45, 2.75) is 13.8 Å². The summed E-state index contributed by atoms with van der Waals surface area (Å²) in [4.78, 5) is 35.9. The number of oxime groups is 1. The Kier molecular flexibility index (Phi) is 4.89. The number of nitro groups is 2. The second-order valence-corrected chi connectivity index (χ2v) is 4.27. The summed E-state index contributed by atoms with van der Waals surface area (Å²) < 4.78 is 0. The van der Waals surface area contributed by atoms with Crippen LogP contribution in [0.5, 0.6) is 0 Å². The van der Waals surface area contributed by atoms with Gasteiger partial charge in [0, 0.05) is 12.0 Å². The number of nitro benzene ring substituents is 2. The molecular formula is C11H12N4O6. The van der Waals surface area contributed by atoms with Crippen LogP contribution in [0.4, 0.5) is 11.4 Å². The zero-order valence-electron chi connectivity index (χ0n) is 11.2. The standard InChI is InChI=1S/C11H12N4O6/c1-6(2)10(12)13-21-11(16)8-4-3-7(14(17)18)5-9(8)15(19)20/h3-6H,1-2H3,(H2,12,13). The van der Waals surface area contributed by atoms with E-state index in [-0.39, 0.29) is 11.8 Å². The van der Waals surface area contributed by atoms with Gasteiger partial charge < -0.3 is 10.6 Å². The average molecular weight is 296 g/mol. The van der Waals surface area contributed by atoms with Crippen LogP contribution in [0.2, 0.25) is 0 Å². The SMILES string of the molecule is CC(C)/C(N)=N\OC(=O)c1ccc([N+](=O)[O-])cc1[N+](=O)[O-]. The van der Waals surface area contributed by atoms with E-state index in [2.05, 4.69) is 9.99 Å². The first-order chi connectivity index (χ1) is 9.73. The molecule has 112 valence electrons. The van der Waals surface area contributed by atoms with Crippen molar-refractivity contribution in [1.29, 1.82) is 0 Å². The van der Waals surface area contributed by atoms with Gasteiger partial charge in [-0.05, 0) is 6.07 Å². The number of nitrogens with two attached hydrogens (primary N) is 1. The first-order valence-electron chi connectivity index (χ1n) is 5.71. The number of carbonyl (C=O) groups excluding carboxylic acids is 1. The molecule has 0 atom stereocenters. The molecule has 0 aliphatic carbocycles. The Morgan fingerprint density at radius 1 is 1.29 bits per heavy atom. The third kappa shape index (κ3) is 3.96. The zero-order valence-corrected chi connectivity index (χ0v) is 11.2. The number of amidine groups is 1. The second kappa shape index (κ2) is 6.41. The van der Waals surface area contributed by atoms with Gasteiger partial charge in [0.1, 0.15) is 11.4 Å². The minimum absolute atomic E-state index is 0.0351. The fraction of sp³-hybridized carbons (Fsp3) is 0.273. The van der Waals surface area contributed by atoms with Gasteiger partial charge in [0.2, 0.25) is 0 Å². The lowest BCUT2D eigenvalue weighted by Gasteiger charge is -2.03. The topological polar surface area (TPSA) is 151 Å². The Bertz CT molecular complexity index is 625. The molecule has 0 heterocycles. The van der Waals surface area contributed by atoms with Crippen LogP contribution in [0.1, 0.15) is 24.2 Å². The molecule has 2 N–H and O–H groups in total. The molecule has 0 aromatic heterocycles. The molecule has 0 aliphatic rings. The summed E-state index contributed by atoms with van der Waals surface area (Å²) in [7, 11) is 0. The maximum atomic E-state index is 11.7. The summed E-state index contributed by atoms with van der Waals surface area (Å²) in [5.41, 5.74) is 3.75. The highest BCUT2D eigenvalue weighted by molar-refractivity contribution is 5.95. The largest absolute Gasteiger partial charge is 0.384 e. The molecule has 10 heteroatoms. The molecule has 0 unspecified atom stereocenters. The molecule has 0 saturated heterocycles. The summed E-state index contributed by atoms with van der Waals surface area (Å²) in [6.45, 7) is 3.42. The predicted molar refractivity (Wildman–Crippen MR) is 71.6 cm³/mol. The smallest absolute Gasteiger partial charge is 0.372 e. The van der Waals surface area contributed by atoms with E-state index in [4.69, 9.17) is 5.73 Å². The van der Waals surface area contributed by atoms with Gasteiger partial charge in [-0.1, -0.05) is 19.0 Å². The maximum Gasteiger partial charge on any atom is 0.372 e. The summed E-state index contributed by atoms with van der Waals surface area (Å²) >= 11 is 0. The highest BCUT2D eigenvalue weighted by Crippen LogP contribution is 2.25. The van der Waals surface area contributed by atoms with E-state index < -0.39 is 32.8 Å². The van der Waals surface area contributed by atoms with Crippen molar-refractivity contribution in [1.82, 2.24) is 0 Å². The van der Waals surface area contributed by atoms with Gasteiger partial charge in [-0.15, -0.1) is 0 Å². The minimum Gasteiger partial charge on any atom is -0.384 e. The molecule has 21 heavy (non-hydrogen) atoms. The monoisotopic (exact) mass is 296 g/mol. The number of non-ortho nitro benzene ring substituents is 1. The van der Waals surface area contributed by atoms with Crippen LogP contribution in [0.25, 0.3) is 0 Å². The molecule has 0 saturated carbocycles. The van der Waals surface area contributed by atoms with Gasteiger partial charge in [0.15, 0.2) is 0 Å². The van der Waals surface area contributed by atoms with E-state index in [1.807, 2.05) is 0 Å². The number of hydrogen-bond acceptors (Lipinski definition) is 7. The van der Waals surface area contributed by atoms with Crippen molar-refractivity contribution in [3.63, 3.8) is 0 Å². The quantitative estimate of drug-likeness (QED) is 0.284. The minimum atomic E-state index is -1.12. The fourth-order valence-corrected chi connectivity index (χ4v) is 1.21. The predicted octanol–water partition coefficient (Wildman–Crippen LogP) is 1.59. The van der Waals surface area contributed by atoms with E-state index in [1.54, 1.807) is 13.8 Å². The molecule has 0 bridgehead atoms. The van der Waals surface area contributed by atoms with Gasteiger partial charge in [-0.25, -0.2) is 4.79 Å². The van der Waals surface area contributed by atoms with E-state index in [9.17, 15) is 25.0 Å². The summed E-state index contributed by atoms with van der Waals surface area (Å²) in [5, 5.41) is 24.8. The molecule has 0 fully saturated rings. The van der Waals surface area contributed by atoms with Crippen LogP contribution in [0.3, 0.4) is 0 Å². The number of carbonyl (C=O) groups is 1. The first kappa shape index (κ1) is 16.0. The van der Waals surface area contributed by atoms with Gasteiger partial charge in [0.25, 0.3) is 11.4 Å². The Morgan fingerprint density at radius 2 is 1.90 bits per heavy atom. The Labute approximate surface area is 118 Å². The molecule has 0 aliphatic heterocycles. The number of hydrogen-bond donors (Lipinski definition) is 1.